The number of hydrogen-bond donors (Lipinski definition) is 2. The van der Waals surface area contributed by atoms with Crippen molar-refractivity contribution in [2.75, 3.05) is 0 Å². The quantitative estimate of drug-likeness (QED) is 0.851. The number of carbonyl (C=O) groups excluding carboxylic acids is 1. The number of hydrogen-bond acceptors (Lipinski definition) is 2. The van der Waals surface area contributed by atoms with E-state index in [0.717, 1.165) is 17.5 Å². The SMILES string of the molecule is CC(C)c1ccc(C2CC2C(=O)NCc2ccccc2CO)cc1. The summed E-state index contributed by atoms with van der Waals surface area (Å²) in [4.78, 5) is 12.4. The molecule has 24 heavy (non-hydrogen) atoms. The molecule has 0 spiro atoms. The number of carbonyl (C=O) groups is 1. The first kappa shape index (κ1) is 16.7. The van der Waals surface area contributed by atoms with Crippen molar-refractivity contribution in [3.8, 4) is 0 Å². The van der Waals surface area contributed by atoms with Crippen molar-refractivity contribution >= 4 is 5.91 Å². The van der Waals surface area contributed by atoms with Crippen LogP contribution in [0.2, 0.25) is 0 Å². The molecular formula is C21H25NO2. The maximum atomic E-state index is 12.4. The molecule has 0 heterocycles. The van der Waals surface area contributed by atoms with Gasteiger partial charge in [0.2, 0.25) is 5.91 Å². The molecule has 126 valence electrons. The summed E-state index contributed by atoms with van der Waals surface area (Å²) >= 11 is 0. The van der Waals surface area contributed by atoms with E-state index in [9.17, 15) is 9.90 Å². The molecule has 0 saturated heterocycles. The Hall–Kier alpha value is -2.13. The van der Waals surface area contributed by atoms with Gasteiger partial charge in [0.1, 0.15) is 0 Å². The van der Waals surface area contributed by atoms with Gasteiger partial charge in [0.05, 0.1) is 6.61 Å². The zero-order chi connectivity index (χ0) is 17.1. The molecule has 2 N–H and O–H groups in total. The third-order valence-electron chi connectivity index (χ3n) is 4.90. The summed E-state index contributed by atoms with van der Waals surface area (Å²) in [5.74, 6) is 1.07. The van der Waals surface area contributed by atoms with E-state index >= 15 is 0 Å². The van der Waals surface area contributed by atoms with Crippen LogP contribution >= 0.6 is 0 Å². The van der Waals surface area contributed by atoms with Crippen molar-refractivity contribution in [3.63, 3.8) is 0 Å². The van der Waals surface area contributed by atoms with Gasteiger partial charge in [-0.1, -0.05) is 62.4 Å². The first-order valence-electron chi connectivity index (χ1n) is 8.65. The molecule has 0 aromatic heterocycles. The largest absolute Gasteiger partial charge is 0.392 e. The van der Waals surface area contributed by atoms with E-state index in [1.807, 2.05) is 24.3 Å². The molecule has 0 bridgehead atoms. The van der Waals surface area contributed by atoms with Crippen LogP contribution in [0.3, 0.4) is 0 Å². The van der Waals surface area contributed by atoms with E-state index in [0.29, 0.717) is 18.4 Å². The number of amides is 1. The summed E-state index contributed by atoms with van der Waals surface area (Å²) in [6, 6.07) is 16.3. The molecule has 1 fully saturated rings. The number of nitrogens with one attached hydrogen (secondary N) is 1. The Balaban J connectivity index is 1.56. The first-order chi connectivity index (χ1) is 11.6. The normalized spacial score (nSPS) is 19.3. The van der Waals surface area contributed by atoms with Crippen LogP contribution in [-0.2, 0) is 17.9 Å². The molecule has 2 atom stereocenters. The van der Waals surface area contributed by atoms with Gasteiger partial charge in [-0.05, 0) is 40.5 Å². The van der Waals surface area contributed by atoms with Crippen LogP contribution in [0.15, 0.2) is 48.5 Å². The Morgan fingerprint density at radius 3 is 2.42 bits per heavy atom. The van der Waals surface area contributed by atoms with Crippen LogP contribution in [0.5, 0.6) is 0 Å². The lowest BCUT2D eigenvalue weighted by Crippen LogP contribution is -2.25. The summed E-state index contributed by atoms with van der Waals surface area (Å²) < 4.78 is 0. The Labute approximate surface area is 143 Å². The van der Waals surface area contributed by atoms with E-state index in [2.05, 4.69) is 43.4 Å². The fourth-order valence-electron chi connectivity index (χ4n) is 3.18. The van der Waals surface area contributed by atoms with Crippen molar-refractivity contribution < 1.29 is 9.90 Å². The van der Waals surface area contributed by atoms with Crippen LogP contribution in [-0.4, -0.2) is 11.0 Å². The van der Waals surface area contributed by atoms with Gasteiger partial charge >= 0.3 is 0 Å². The maximum Gasteiger partial charge on any atom is 0.224 e. The average molecular weight is 323 g/mol. The van der Waals surface area contributed by atoms with Crippen molar-refractivity contribution in [1.29, 1.82) is 0 Å². The first-order valence-corrected chi connectivity index (χ1v) is 8.65. The zero-order valence-corrected chi connectivity index (χ0v) is 14.3. The van der Waals surface area contributed by atoms with Crippen LogP contribution in [0.1, 0.15) is 54.4 Å². The third-order valence-corrected chi connectivity index (χ3v) is 4.90. The lowest BCUT2D eigenvalue weighted by Gasteiger charge is -2.09. The number of rotatable bonds is 6. The highest BCUT2D eigenvalue weighted by Gasteiger charge is 2.43. The third kappa shape index (κ3) is 3.68. The fraction of sp³-hybridized carbons (Fsp3) is 0.381. The molecule has 0 radical (unpaired) electrons. The van der Waals surface area contributed by atoms with E-state index in [1.54, 1.807) is 0 Å². The summed E-state index contributed by atoms with van der Waals surface area (Å²) in [5.41, 5.74) is 4.44. The predicted octanol–water partition coefficient (Wildman–Crippen LogP) is 3.72. The summed E-state index contributed by atoms with van der Waals surface area (Å²) in [6.45, 7) is 4.85. The zero-order valence-electron chi connectivity index (χ0n) is 14.3. The number of aliphatic hydroxyl groups is 1. The summed E-state index contributed by atoms with van der Waals surface area (Å²) in [5, 5.41) is 12.4. The van der Waals surface area contributed by atoms with Gasteiger partial charge in [-0.15, -0.1) is 0 Å². The smallest absolute Gasteiger partial charge is 0.224 e. The molecular weight excluding hydrogens is 298 g/mol. The highest BCUT2D eigenvalue weighted by molar-refractivity contribution is 5.82. The van der Waals surface area contributed by atoms with E-state index < -0.39 is 0 Å². The molecule has 3 rings (SSSR count). The molecule has 2 unspecified atom stereocenters. The molecule has 1 aliphatic rings. The number of benzene rings is 2. The molecule has 1 aliphatic carbocycles. The summed E-state index contributed by atoms with van der Waals surface area (Å²) in [7, 11) is 0. The molecule has 1 saturated carbocycles. The number of aliphatic hydroxyl groups excluding tert-OH is 1. The van der Waals surface area contributed by atoms with Crippen molar-refractivity contribution in [1.82, 2.24) is 5.32 Å². The second-order valence-electron chi connectivity index (χ2n) is 6.91. The molecule has 0 aliphatic heterocycles. The van der Waals surface area contributed by atoms with E-state index in [-0.39, 0.29) is 18.4 Å². The monoisotopic (exact) mass is 323 g/mol. The lowest BCUT2D eigenvalue weighted by atomic mass is 10.00. The minimum absolute atomic E-state index is 0.000295. The highest BCUT2D eigenvalue weighted by Crippen LogP contribution is 2.47. The van der Waals surface area contributed by atoms with Gasteiger partial charge in [0, 0.05) is 12.5 Å². The highest BCUT2D eigenvalue weighted by atomic mass is 16.3. The topological polar surface area (TPSA) is 49.3 Å². The molecule has 3 heteroatoms. The second kappa shape index (κ2) is 7.18. The Bertz CT molecular complexity index is 706. The van der Waals surface area contributed by atoms with Gasteiger partial charge in [-0.3, -0.25) is 4.79 Å². The van der Waals surface area contributed by atoms with Crippen LogP contribution in [0.25, 0.3) is 0 Å². The fourth-order valence-corrected chi connectivity index (χ4v) is 3.18. The Morgan fingerprint density at radius 2 is 1.79 bits per heavy atom. The molecule has 2 aromatic carbocycles. The van der Waals surface area contributed by atoms with Gasteiger partial charge in [0.25, 0.3) is 0 Å². The van der Waals surface area contributed by atoms with E-state index in [1.165, 1.54) is 11.1 Å². The van der Waals surface area contributed by atoms with Gasteiger partial charge in [0.15, 0.2) is 0 Å². The van der Waals surface area contributed by atoms with Crippen molar-refractivity contribution in [2.24, 2.45) is 5.92 Å². The Morgan fingerprint density at radius 1 is 1.12 bits per heavy atom. The minimum Gasteiger partial charge on any atom is -0.392 e. The Kier molecular flexibility index (Phi) is 5.00. The van der Waals surface area contributed by atoms with Gasteiger partial charge in [-0.25, -0.2) is 0 Å². The molecule has 3 nitrogen and oxygen atoms in total. The second-order valence-corrected chi connectivity index (χ2v) is 6.91. The lowest BCUT2D eigenvalue weighted by molar-refractivity contribution is -0.122. The molecule has 2 aromatic rings. The van der Waals surface area contributed by atoms with Crippen LogP contribution < -0.4 is 5.32 Å². The van der Waals surface area contributed by atoms with Crippen molar-refractivity contribution in [3.05, 3.63) is 70.8 Å². The van der Waals surface area contributed by atoms with E-state index in [4.69, 9.17) is 0 Å². The standard InChI is InChI=1S/C21H25NO2/c1-14(2)15-7-9-16(10-8-15)19-11-20(19)21(24)22-12-17-5-3-4-6-18(17)13-23/h3-10,14,19-20,23H,11-13H2,1-2H3,(H,22,24). The van der Waals surface area contributed by atoms with Crippen molar-refractivity contribution in [2.45, 2.75) is 45.3 Å². The average Bonchev–Trinajstić information content (AvgIpc) is 3.41. The maximum absolute atomic E-state index is 12.4. The van der Waals surface area contributed by atoms with Gasteiger partial charge in [-0.2, -0.15) is 0 Å². The summed E-state index contributed by atoms with van der Waals surface area (Å²) in [6.07, 6.45) is 0.925. The van der Waals surface area contributed by atoms with Crippen LogP contribution in [0, 0.1) is 5.92 Å². The van der Waals surface area contributed by atoms with Gasteiger partial charge < -0.3 is 10.4 Å². The molecule has 1 amide bonds. The minimum atomic E-state index is 0.000295. The van der Waals surface area contributed by atoms with Crippen LogP contribution in [0.4, 0.5) is 0 Å². The predicted molar refractivity (Wildman–Crippen MR) is 95.6 cm³/mol.